The Bertz CT molecular complexity index is 847. The summed E-state index contributed by atoms with van der Waals surface area (Å²) < 4.78 is 26.8. The Balaban J connectivity index is 1.72. The zero-order valence-electron chi connectivity index (χ0n) is 15.4. The lowest BCUT2D eigenvalue weighted by atomic mass is 10.0. The molecule has 0 radical (unpaired) electrons. The van der Waals surface area contributed by atoms with Crippen molar-refractivity contribution in [3.63, 3.8) is 0 Å². The van der Waals surface area contributed by atoms with Crippen LogP contribution in [0.15, 0.2) is 12.1 Å². The number of aryl methyl sites for hydroxylation is 1. The highest BCUT2D eigenvalue weighted by atomic mass is 32.2. The molecule has 1 atom stereocenters. The molecule has 3 rings (SSSR count). The van der Waals surface area contributed by atoms with Gasteiger partial charge in [-0.1, -0.05) is 6.07 Å². The summed E-state index contributed by atoms with van der Waals surface area (Å²) in [6.45, 7) is 4.81. The number of phenolic OH excluding ortho intramolecular Hbond substituents is 1. The summed E-state index contributed by atoms with van der Waals surface area (Å²) in [4.78, 5) is 24.8. The van der Waals surface area contributed by atoms with Gasteiger partial charge < -0.3 is 15.3 Å². The third-order valence-electron chi connectivity index (χ3n) is 4.87. The van der Waals surface area contributed by atoms with Gasteiger partial charge in [0.25, 0.3) is 5.91 Å². The van der Waals surface area contributed by atoms with Gasteiger partial charge in [-0.05, 0) is 37.0 Å². The fourth-order valence-corrected chi connectivity index (χ4v) is 4.83. The SMILES string of the molecule is CC(=O)N1CCC[C@@H](NCc2cc(C)c(N3CC(=O)NS3(=O)=O)c(O)c2)C1. The molecule has 0 aliphatic carbocycles. The summed E-state index contributed by atoms with van der Waals surface area (Å²) in [6, 6.07) is 3.45. The number of nitrogens with one attached hydrogen (secondary N) is 2. The first-order chi connectivity index (χ1) is 12.7. The average molecular weight is 396 g/mol. The van der Waals surface area contributed by atoms with Crippen molar-refractivity contribution in [2.45, 2.75) is 39.3 Å². The zero-order valence-corrected chi connectivity index (χ0v) is 16.2. The molecular formula is C17H24N4O5S. The highest BCUT2D eigenvalue weighted by Crippen LogP contribution is 2.35. The number of carbonyl (C=O) groups is 2. The number of hydrogen-bond donors (Lipinski definition) is 3. The van der Waals surface area contributed by atoms with Crippen molar-refractivity contribution in [3.8, 4) is 5.75 Å². The number of benzene rings is 1. The second-order valence-corrected chi connectivity index (χ2v) is 8.60. The first kappa shape index (κ1) is 19.4. The molecule has 2 fully saturated rings. The van der Waals surface area contributed by atoms with Gasteiger partial charge in [-0.25, -0.2) is 9.03 Å². The number of hydrogen-bond acceptors (Lipinski definition) is 6. The van der Waals surface area contributed by atoms with E-state index >= 15 is 0 Å². The van der Waals surface area contributed by atoms with Crippen LogP contribution in [0.4, 0.5) is 5.69 Å². The van der Waals surface area contributed by atoms with Gasteiger partial charge in [0.1, 0.15) is 12.3 Å². The maximum absolute atomic E-state index is 12.0. The van der Waals surface area contributed by atoms with Crippen LogP contribution in [0.1, 0.15) is 30.9 Å². The number of carbonyl (C=O) groups excluding carboxylic acids is 2. The van der Waals surface area contributed by atoms with E-state index in [1.54, 1.807) is 19.9 Å². The number of likely N-dealkylation sites (tertiary alicyclic amines) is 1. The van der Waals surface area contributed by atoms with Gasteiger partial charge >= 0.3 is 10.2 Å². The molecule has 2 saturated heterocycles. The van der Waals surface area contributed by atoms with Crippen molar-refractivity contribution in [2.24, 2.45) is 0 Å². The van der Waals surface area contributed by atoms with Crippen LogP contribution in [0, 0.1) is 6.92 Å². The lowest BCUT2D eigenvalue weighted by Crippen LogP contribution is -2.47. The van der Waals surface area contributed by atoms with Crippen LogP contribution in [-0.2, 0) is 26.3 Å². The third kappa shape index (κ3) is 4.16. The number of rotatable bonds is 4. The normalized spacial score (nSPS) is 22.0. The molecule has 1 aromatic rings. The van der Waals surface area contributed by atoms with E-state index < -0.39 is 16.1 Å². The van der Waals surface area contributed by atoms with Crippen LogP contribution in [0.5, 0.6) is 5.75 Å². The molecule has 0 aromatic heterocycles. The van der Waals surface area contributed by atoms with Gasteiger partial charge in [0.05, 0.1) is 5.69 Å². The molecule has 0 unspecified atom stereocenters. The van der Waals surface area contributed by atoms with Crippen molar-refractivity contribution in [2.75, 3.05) is 23.9 Å². The van der Waals surface area contributed by atoms with E-state index in [1.165, 1.54) is 6.07 Å². The Hall–Kier alpha value is -2.33. The molecule has 0 bridgehead atoms. The van der Waals surface area contributed by atoms with E-state index in [0.717, 1.165) is 29.3 Å². The van der Waals surface area contributed by atoms with Crippen LogP contribution in [0.25, 0.3) is 0 Å². The van der Waals surface area contributed by atoms with E-state index in [4.69, 9.17) is 0 Å². The van der Waals surface area contributed by atoms with Crippen molar-refractivity contribution in [1.82, 2.24) is 14.9 Å². The largest absolute Gasteiger partial charge is 0.506 e. The molecule has 0 saturated carbocycles. The summed E-state index contributed by atoms with van der Waals surface area (Å²) in [5.74, 6) is -0.762. The Morgan fingerprint density at radius 1 is 1.41 bits per heavy atom. The number of anilines is 1. The first-order valence-electron chi connectivity index (χ1n) is 8.82. The fraction of sp³-hybridized carbons (Fsp3) is 0.529. The first-order valence-corrected chi connectivity index (χ1v) is 10.3. The predicted molar refractivity (Wildman–Crippen MR) is 99.4 cm³/mol. The quantitative estimate of drug-likeness (QED) is 0.658. The summed E-state index contributed by atoms with van der Waals surface area (Å²) >= 11 is 0. The minimum Gasteiger partial charge on any atom is -0.506 e. The molecule has 27 heavy (non-hydrogen) atoms. The van der Waals surface area contributed by atoms with Crippen molar-refractivity contribution >= 4 is 27.7 Å². The van der Waals surface area contributed by atoms with Gasteiger partial charge in [0, 0.05) is 32.6 Å². The number of aromatic hydroxyl groups is 1. The van der Waals surface area contributed by atoms with Crippen LogP contribution < -0.4 is 14.3 Å². The second-order valence-electron chi connectivity index (χ2n) is 7.00. The smallest absolute Gasteiger partial charge is 0.326 e. The highest BCUT2D eigenvalue weighted by Gasteiger charge is 2.36. The van der Waals surface area contributed by atoms with E-state index in [9.17, 15) is 23.1 Å². The molecule has 2 heterocycles. The van der Waals surface area contributed by atoms with E-state index in [1.807, 2.05) is 9.62 Å². The third-order valence-corrected chi connectivity index (χ3v) is 6.25. The molecule has 2 aliphatic heterocycles. The van der Waals surface area contributed by atoms with Crippen molar-refractivity contribution < 1.29 is 23.1 Å². The molecular weight excluding hydrogens is 372 g/mol. The minimum atomic E-state index is -3.97. The average Bonchev–Trinajstić information content (AvgIpc) is 2.85. The van der Waals surface area contributed by atoms with Crippen LogP contribution in [0.3, 0.4) is 0 Å². The lowest BCUT2D eigenvalue weighted by molar-refractivity contribution is -0.130. The highest BCUT2D eigenvalue weighted by molar-refractivity contribution is 7.92. The summed E-state index contributed by atoms with van der Waals surface area (Å²) in [7, 11) is -3.97. The Morgan fingerprint density at radius 3 is 2.74 bits per heavy atom. The van der Waals surface area contributed by atoms with Crippen LogP contribution >= 0.6 is 0 Å². The molecule has 3 N–H and O–H groups in total. The standard InChI is InChI=1S/C17H24N4O5S/c1-11-6-13(8-18-14-4-3-5-20(9-14)12(2)22)7-15(23)17(11)21-10-16(24)19-27(21,25)26/h6-7,14,18,23H,3-5,8-10H2,1-2H3,(H,19,24)/t14-/m1/s1. The van der Waals surface area contributed by atoms with Crippen molar-refractivity contribution in [3.05, 3.63) is 23.3 Å². The Morgan fingerprint density at radius 2 is 2.15 bits per heavy atom. The van der Waals surface area contributed by atoms with Gasteiger partial charge in [-0.3, -0.25) is 9.59 Å². The molecule has 2 aliphatic rings. The summed E-state index contributed by atoms with van der Waals surface area (Å²) in [5, 5.41) is 13.8. The van der Waals surface area contributed by atoms with Gasteiger partial charge in [-0.2, -0.15) is 8.42 Å². The monoisotopic (exact) mass is 396 g/mol. The fourth-order valence-electron chi connectivity index (χ4n) is 3.60. The van der Waals surface area contributed by atoms with Gasteiger partial charge in [0.2, 0.25) is 5.91 Å². The minimum absolute atomic E-state index is 0.0642. The molecule has 10 heteroatoms. The summed E-state index contributed by atoms with van der Waals surface area (Å²) in [6.07, 6.45) is 1.90. The van der Waals surface area contributed by atoms with Crippen molar-refractivity contribution in [1.29, 1.82) is 0 Å². The Labute approximate surface area is 158 Å². The molecule has 1 aromatic carbocycles. The topological polar surface area (TPSA) is 119 Å². The number of phenols is 1. The van der Waals surface area contributed by atoms with Crippen LogP contribution in [-0.4, -0.2) is 55.9 Å². The number of nitrogens with zero attached hydrogens (tertiary/aromatic N) is 2. The lowest BCUT2D eigenvalue weighted by Gasteiger charge is -2.32. The molecule has 0 spiro atoms. The maximum Gasteiger partial charge on any atom is 0.326 e. The maximum atomic E-state index is 12.0. The molecule has 148 valence electrons. The Kier molecular flexibility index (Phi) is 5.29. The predicted octanol–water partition coefficient (Wildman–Crippen LogP) is -0.0179. The zero-order chi connectivity index (χ0) is 19.8. The number of piperidine rings is 1. The van der Waals surface area contributed by atoms with E-state index in [-0.39, 0.29) is 29.9 Å². The number of amides is 2. The molecule has 9 nitrogen and oxygen atoms in total. The summed E-state index contributed by atoms with van der Waals surface area (Å²) in [5.41, 5.74) is 1.46. The van der Waals surface area contributed by atoms with E-state index in [0.29, 0.717) is 18.7 Å². The van der Waals surface area contributed by atoms with Gasteiger partial charge in [-0.15, -0.1) is 0 Å². The van der Waals surface area contributed by atoms with E-state index in [2.05, 4.69) is 5.32 Å². The van der Waals surface area contributed by atoms with Gasteiger partial charge in [0.15, 0.2) is 0 Å². The second kappa shape index (κ2) is 7.35. The molecule has 2 amide bonds. The van der Waals surface area contributed by atoms with Crippen LogP contribution in [0.2, 0.25) is 0 Å².